The lowest BCUT2D eigenvalue weighted by Crippen LogP contribution is -2.39. The van der Waals surface area contributed by atoms with E-state index < -0.39 is 0 Å². The molecule has 0 bridgehead atoms. The van der Waals surface area contributed by atoms with Crippen molar-refractivity contribution in [2.24, 2.45) is 0 Å². The number of piperidine rings is 1. The second-order valence-corrected chi connectivity index (χ2v) is 9.58. The summed E-state index contributed by atoms with van der Waals surface area (Å²) in [4.78, 5) is 40.8. The number of nitrogens with one attached hydrogen (secondary N) is 1. The summed E-state index contributed by atoms with van der Waals surface area (Å²) in [6.07, 6.45) is 6.75. The monoisotopic (exact) mass is 442 g/mol. The molecule has 2 amide bonds. The van der Waals surface area contributed by atoms with Crippen LogP contribution in [0.25, 0.3) is 0 Å². The normalized spacial score (nSPS) is 20.8. The van der Waals surface area contributed by atoms with Gasteiger partial charge in [-0.15, -0.1) is 0 Å². The van der Waals surface area contributed by atoms with E-state index in [9.17, 15) is 9.59 Å². The predicted octanol–water partition coefficient (Wildman–Crippen LogP) is 2.39. The van der Waals surface area contributed by atoms with E-state index in [-0.39, 0.29) is 17.7 Å². The van der Waals surface area contributed by atoms with Gasteiger partial charge in [-0.2, -0.15) is 0 Å². The summed E-state index contributed by atoms with van der Waals surface area (Å²) in [5, 5.41) is 3.23. The van der Waals surface area contributed by atoms with Gasteiger partial charge in [0.2, 0.25) is 11.8 Å². The van der Waals surface area contributed by atoms with E-state index in [2.05, 4.69) is 17.1 Å². The van der Waals surface area contributed by atoms with Crippen LogP contribution in [-0.2, 0) is 22.6 Å². The van der Waals surface area contributed by atoms with Gasteiger partial charge in [0.05, 0.1) is 12.2 Å². The lowest BCUT2D eigenvalue weighted by atomic mass is 9.94. The first kappa shape index (κ1) is 23.0. The Morgan fingerprint density at radius 3 is 2.44 bits per heavy atom. The minimum Gasteiger partial charge on any atom is -0.373 e. The van der Waals surface area contributed by atoms with Crippen molar-refractivity contribution >= 4 is 17.6 Å². The minimum absolute atomic E-state index is 0.0905. The molecule has 32 heavy (non-hydrogen) atoms. The SMILES string of the molecule is CNc1nc(C2CCN(C(=O)CC[C@@H](C)N3CCCC3)CC2)nc2c1CCN(C(C)=O)C2. The number of amides is 2. The molecule has 2 saturated heterocycles. The second kappa shape index (κ2) is 10.1. The van der Waals surface area contributed by atoms with Crippen molar-refractivity contribution in [3.8, 4) is 0 Å². The Morgan fingerprint density at radius 1 is 1.06 bits per heavy atom. The van der Waals surface area contributed by atoms with Gasteiger partial charge in [-0.3, -0.25) is 9.59 Å². The number of carbonyl (C=O) groups is 2. The van der Waals surface area contributed by atoms with Crippen LogP contribution in [0.15, 0.2) is 0 Å². The topological polar surface area (TPSA) is 81.7 Å². The standard InChI is InChI=1S/C24H38N6O2/c1-17(28-11-4-5-12-28)6-7-22(32)29-13-8-19(9-14-29)23-26-21-16-30(18(2)31)15-10-20(21)24(25-3)27-23/h17,19H,4-16H2,1-3H3,(H,25,26,27)/t17-/m1/s1. The molecule has 1 aromatic heterocycles. The lowest BCUT2D eigenvalue weighted by Gasteiger charge is -2.33. The highest BCUT2D eigenvalue weighted by atomic mass is 16.2. The lowest BCUT2D eigenvalue weighted by molar-refractivity contribution is -0.132. The Hall–Kier alpha value is -2.22. The van der Waals surface area contributed by atoms with E-state index in [1.54, 1.807) is 6.92 Å². The summed E-state index contributed by atoms with van der Waals surface area (Å²) in [5.41, 5.74) is 2.10. The minimum atomic E-state index is 0.0905. The number of carbonyl (C=O) groups excluding carboxylic acids is 2. The molecule has 3 aliphatic rings. The third kappa shape index (κ3) is 5.05. The predicted molar refractivity (Wildman–Crippen MR) is 124 cm³/mol. The highest BCUT2D eigenvalue weighted by Gasteiger charge is 2.29. The first-order chi connectivity index (χ1) is 15.5. The van der Waals surface area contributed by atoms with Crippen LogP contribution in [0.3, 0.4) is 0 Å². The number of fused-ring (bicyclic) bond motifs is 1. The molecule has 8 nitrogen and oxygen atoms in total. The zero-order chi connectivity index (χ0) is 22.7. The van der Waals surface area contributed by atoms with Crippen molar-refractivity contribution in [2.75, 3.05) is 45.1 Å². The first-order valence-electron chi connectivity index (χ1n) is 12.3. The van der Waals surface area contributed by atoms with Crippen LogP contribution in [0.5, 0.6) is 0 Å². The zero-order valence-corrected chi connectivity index (χ0v) is 19.9. The van der Waals surface area contributed by atoms with Crippen LogP contribution in [-0.4, -0.2) is 82.3 Å². The first-order valence-corrected chi connectivity index (χ1v) is 12.3. The fraction of sp³-hybridized carbons (Fsp3) is 0.750. The number of hydrogen-bond donors (Lipinski definition) is 1. The maximum Gasteiger partial charge on any atom is 0.222 e. The van der Waals surface area contributed by atoms with E-state index in [0.717, 1.165) is 68.2 Å². The fourth-order valence-corrected chi connectivity index (χ4v) is 5.35. The number of aromatic nitrogens is 2. The number of anilines is 1. The molecule has 0 radical (unpaired) electrons. The molecule has 1 aromatic rings. The number of likely N-dealkylation sites (tertiary alicyclic amines) is 2. The Kier molecular flexibility index (Phi) is 7.28. The Morgan fingerprint density at radius 2 is 1.78 bits per heavy atom. The third-order valence-corrected chi connectivity index (χ3v) is 7.52. The van der Waals surface area contributed by atoms with Crippen molar-refractivity contribution in [1.29, 1.82) is 0 Å². The molecule has 0 unspecified atom stereocenters. The van der Waals surface area contributed by atoms with Crippen LogP contribution in [0.4, 0.5) is 5.82 Å². The molecular weight excluding hydrogens is 404 g/mol. The van der Waals surface area contributed by atoms with Gasteiger partial charge in [-0.05, 0) is 58.5 Å². The van der Waals surface area contributed by atoms with Crippen molar-refractivity contribution < 1.29 is 9.59 Å². The van der Waals surface area contributed by atoms with E-state index in [0.29, 0.717) is 19.0 Å². The number of rotatable bonds is 6. The van der Waals surface area contributed by atoms with E-state index >= 15 is 0 Å². The second-order valence-electron chi connectivity index (χ2n) is 9.58. The average molecular weight is 443 g/mol. The molecule has 4 rings (SSSR count). The van der Waals surface area contributed by atoms with Crippen molar-refractivity contribution in [1.82, 2.24) is 24.7 Å². The maximum absolute atomic E-state index is 12.8. The van der Waals surface area contributed by atoms with Crippen molar-refractivity contribution in [3.05, 3.63) is 17.1 Å². The highest BCUT2D eigenvalue weighted by Crippen LogP contribution is 2.31. The van der Waals surface area contributed by atoms with Gasteiger partial charge in [-0.1, -0.05) is 0 Å². The van der Waals surface area contributed by atoms with E-state index in [1.165, 1.54) is 25.9 Å². The molecule has 176 valence electrons. The van der Waals surface area contributed by atoms with Gasteiger partial charge in [0.25, 0.3) is 0 Å². The molecule has 2 fully saturated rings. The van der Waals surface area contributed by atoms with Crippen molar-refractivity contribution in [3.63, 3.8) is 0 Å². The summed E-state index contributed by atoms with van der Waals surface area (Å²) in [6, 6.07) is 0.498. The Labute approximate surface area is 191 Å². The molecule has 4 heterocycles. The summed E-state index contributed by atoms with van der Waals surface area (Å²) in [7, 11) is 1.90. The summed E-state index contributed by atoms with van der Waals surface area (Å²) >= 11 is 0. The molecule has 0 spiro atoms. The Balaban J connectivity index is 1.34. The third-order valence-electron chi connectivity index (χ3n) is 7.52. The summed E-state index contributed by atoms with van der Waals surface area (Å²) < 4.78 is 0. The molecule has 1 atom stereocenters. The maximum atomic E-state index is 12.8. The van der Waals surface area contributed by atoms with Crippen LogP contribution < -0.4 is 5.32 Å². The van der Waals surface area contributed by atoms with Crippen LogP contribution in [0, 0.1) is 0 Å². The van der Waals surface area contributed by atoms with E-state index in [4.69, 9.17) is 9.97 Å². The van der Waals surface area contributed by atoms with E-state index in [1.807, 2.05) is 16.8 Å². The molecule has 0 aromatic carbocycles. The highest BCUT2D eigenvalue weighted by molar-refractivity contribution is 5.76. The molecular formula is C24H38N6O2. The van der Waals surface area contributed by atoms with Gasteiger partial charge in [0, 0.05) is 57.5 Å². The largest absolute Gasteiger partial charge is 0.373 e. The Bertz CT molecular complexity index is 830. The molecule has 8 heteroatoms. The van der Waals surface area contributed by atoms with Gasteiger partial charge in [0.15, 0.2) is 0 Å². The van der Waals surface area contributed by atoms with Crippen LogP contribution in [0.2, 0.25) is 0 Å². The van der Waals surface area contributed by atoms with Gasteiger partial charge in [-0.25, -0.2) is 9.97 Å². The van der Waals surface area contributed by atoms with Gasteiger partial charge in [0.1, 0.15) is 11.6 Å². The summed E-state index contributed by atoms with van der Waals surface area (Å²) in [6.45, 7) is 9.06. The average Bonchev–Trinajstić information content (AvgIpc) is 3.36. The van der Waals surface area contributed by atoms with Crippen molar-refractivity contribution in [2.45, 2.75) is 77.3 Å². The smallest absolute Gasteiger partial charge is 0.222 e. The molecule has 1 N–H and O–H groups in total. The summed E-state index contributed by atoms with van der Waals surface area (Å²) in [5.74, 6) is 2.38. The fourth-order valence-electron chi connectivity index (χ4n) is 5.35. The van der Waals surface area contributed by atoms with Crippen LogP contribution in [0.1, 0.15) is 75.4 Å². The number of nitrogens with zero attached hydrogens (tertiary/aromatic N) is 5. The quantitative estimate of drug-likeness (QED) is 0.729. The zero-order valence-electron chi connectivity index (χ0n) is 19.9. The molecule has 0 aliphatic carbocycles. The molecule has 3 aliphatic heterocycles. The van der Waals surface area contributed by atoms with Crippen LogP contribution >= 0.6 is 0 Å². The number of hydrogen-bond acceptors (Lipinski definition) is 6. The molecule has 0 saturated carbocycles. The van der Waals surface area contributed by atoms with Gasteiger partial charge < -0.3 is 20.0 Å². The van der Waals surface area contributed by atoms with Gasteiger partial charge >= 0.3 is 0 Å².